The number of rotatable bonds is 18. The zero-order valence-electron chi connectivity index (χ0n) is 37.3. The van der Waals surface area contributed by atoms with Gasteiger partial charge in [0.15, 0.2) is 0 Å². The van der Waals surface area contributed by atoms with Crippen molar-refractivity contribution in [2.45, 2.75) is 88.7 Å². The molecule has 15 nitrogen and oxygen atoms in total. The van der Waals surface area contributed by atoms with Gasteiger partial charge in [0.2, 0.25) is 11.9 Å². The number of aliphatic hydroxyl groups excluding tert-OH is 1. The highest BCUT2D eigenvalue weighted by molar-refractivity contribution is 6.00. The van der Waals surface area contributed by atoms with E-state index in [0.717, 1.165) is 97.4 Å². The van der Waals surface area contributed by atoms with Gasteiger partial charge in [-0.05, 0) is 73.8 Å². The van der Waals surface area contributed by atoms with Crippen molar-refractivity contribution in [1.29, 1.82) is 0 Å². The lowest BCUT2D eigenvalue weighted by Crippen LogP contribution is -2.46. The van der Waals surface area contributed by atoms with Crippen LogP contribution in [0.4, 0.5) is 19.1 Å². The number of fused-ring (bicyclic) bond motifs is 2. The number of piperazine rings is 1. The molecule has 1 saturated carbocycles. The number of alkyl halides is 3. The molecule has 2 amide bonds. The minimum absolute atomic E-state index is 0.130. The Morgan fingerprint density at radius 1 is 0.846 bits per heavy atom. The highest BCUT2D eigenvalue weighted by Crippen LogP contribution is 2.37. The number of carbonyl (C=O) groups excluding carboxylic acids is 2. The molecular formula is C47H60F3N9O6. The molecule has 8 rings (SSSR count). The summed E-state index contributed by atoms with van der Waals surface area (Å²) in [6.07, 6.45) is 3.35. The number of nitrogens with zero attached hydrogens (tertiary/aromatic N) is 8. The van der Waals surface area contributed by atoms with Crippen molar-refractivity contribution in [3.05, 3.63) is 76.5 Å². The fourth-order valence-corrected chi connectivity index (χ4v) is 9.39. The van der Waals surface area contributed by atoms with Crippen LogP contribution in [0, 0.1) is 0 Å². The van der Waals surface area contributed by atoms with Crippen molar-refractivity contribution in [3.8, 4) is 11.1 Å². The van der Waals surface area contributed by atoms with Gasteiger partial charge in [0.1, 0.15) is 11.7 Å². The molecule has 2 aliphatic heterocycles. The van der Waals surface area contributed by atoms with E-state index in [1.807, 2.05) is 18.2 Å². The van der Waals surface area contributed by atoms with Crippen molar-refractivity contribution in [2.24, 2.45) is 7.05 Å². The van der Waals surface area contributed by atoms with Gasteiger partial charge in [-0.25, -0.2) is 9.78 Å². The highest BCUT2D eigenvalue weighted by atomic mass is 19.4. The van der Waals surface area contributed by atoms with Crippen LogP contribution in [-0.2, 0) is 39.1 Å². The maximum atomic E-state index is 13.2. The van der Waals surface area contributed by atoms with Gasteiger partial charge in [-0.15, -0.1) is 0 Å². The molecule has 0 spiro atoms. The number of hydrogen-bond donors (Lipinski definition) is 2. The summed E-state index contributed by atoms with van der Waals surface area (Å²) in [7, 11) is 3.18. The number of benzene rings is 2. The van der Waals surface area contributed by atoms with Crippen LogP contribution in [0.1, 0.15) is 74.6 Å². The Kier molecular flexibility index (Phi) is 14.7. The van der Waals surface area contributed by atoms with Crippen LogP contribution in [0.3, 0.4) is 0 Å². The number of aryl methyl sites for hydroxylation is 2. The van der Waals surface area contributed by atoms with E-state index in [0.29, 0.717) is 56.9 Å². The van der Waals surface area contributed by atoms with Crippen LogP contribution >= 0.6 is 0 Å². The van der Waals surface area contributed by atoms with E-state index in [1.165, 1.54) is 17.2 Å². The number of imidazole rings is 1. The smallest absolute Gasteiger partial charge is 0.390 e. The molecule has 5 aromatic rings. The number of likely N-dealkylation sites (N-methyl/N-ethyl adjacent to an activating group) is 1. The van der Waals surface area contributed by atoms with Gasteiger partial charge >= 0.3 is 11.9 Å². The van der Waals surface area contributed by atoms with Gasteiger partial charge in [0.05, 0.1) is 43.4 Å². The van der Waals surface area contributed by atoms with Crippen molar-refractivity contribution in [3.63, 3.8) is 0 Å². The quantitative estimate of drug-likeness (QED) is 0.0824. The third-order valence-corrected chi connectivity index (χ3v) is 13.2. The van der Waals surface area contributed by atoms with Gasteiger partial charge in [0.25, 0.3) is 5.91 Å². The minimum atomic E-state index is -4.27. The lowest BCUT2D eigenvalue weighted by Gasteiger charge is -2.34. The maximum Gasteiger partial charge on any atom is 0.390 e. The number of nitrogens with one attached hydrogen (secondary N) is 1. The number of piperidine rings is 1. The Balaban J connectivity index is 0.737. The number of halogens is 3. The van der Waals surface area contributed by atoms with E-state index >= 15 is 0 Å². The summed E-state index contributed by atoms with van der Waals surface area (Å²) >= 11 is 0. The van der Waals surface area contributed by atoms with Gasteiger partial charge in [-0.1, -0.05) is 30.3 Å². The second kappa shape index (κ2) is 20.6. The number of anilines is 1. The fraction of sp³-hybridized carbons (Fsp3) is 0.553. The number of likely N-dealkylation sites (tertiary alicyclic amines) is 1. The highest BCUT2D eigenvalue weighted by Gasteiger charge is 2.35. The van der Waals surface area contributed by atoms with Crippen LogP contribution in [-0.4, -0.2) is 140 Å². The van der Waals surface area contributed by atoms with Crippen molar-refractivity contribution < 1.29 is 37.3 Å². The minimum Gasteiger partial charge on any atom is -0.393 e. The summed E-state index contributed by atoms with van der Waals surface area (Å²) in [6, 6.07) is 13.9. The number of imide groups is 1. The SMILES string of the molecule is CN1C(=O)CC[C@H](n2c(=O)n(C)c3cc(CCCOCCOCCN4CCN(Cc5ccc(-c6cn([C@H]7CC[C@H](O)CC7)c7nc(NCCC(F)(F)F)ncc67)cc5)CC4)ccc32)C1=O. The summed E-state index contributed by atoms with van der Waals surface area (Å²) in [6.45, 7) is 7.53. The molecule has 2 saturated heterocycles. The molecule has 3 aromatic heterocycles. The van der Waals surface area contributed by atoms with Crippen LogP contribution in [0.25, 0.3) is 33.2 Å². The first-order valence-electron chi connectivity index (χ1n) is 22.9. The molecule has 0 radical (unpaired) electrons. The van der Waals surface area contributed by atoms with Crippen LogP contribution in [0.15, 0.2) is 59.7 Å². The summed E-state index contributed by atoms with van der Waals surface area (Å²) in [4.78, 5) is 53.0. The Labute approximate surface area is 376 Å². The average Bonchev–Trinajstić information content (AvgIpc) is 3.79. The van der Waals surface area contributed by atoms with E-state index in [4.69, 9.17) is 9.47 Å². The topological polar surface area (TPSA) is 152 Å². The molecule has 18 heteroatoms. The second-order valence-electron chi connectivity index (χ2n) is 17.7. The molecule has 1 aliphatic carbocycles. The molecule has 3 aliphatic rings. The lowest BCUT2D eigenvalue weighted by molar-refractivity contribution is -0.149. The van der Waals surface area contributed by atoms with E-state index in [-0.39, 0.29) is 48.6 Å². The Morgan fingerprint density at radius 3 is 2.29 bits per heavy atom. The first kappa shape index (κ1) is 46.4. The maximum absolute atomic E-state index is 13.2. The van der Waals surface area contributed by atoms with Gasteiger partial charge in [-0.2, -0.15) is 18.2 Å². The van der Waals surface area contributed by atoms with Crippen LogP contribution in [0.2, 0.25) is 0 Å². The van der Waals surface area contributed by atoms with E-state index < -0.39 is 18.6 Å². The number of amides is 2. The normalized spacial score (nSPS) is 20.4. The Bertz CT molecular complexity index is 2490. The molecule has 3 fully saturated rings. The molecule has 2 N–H and O–H groups in total. The summed E-state index contributed by atoms with van der Waals surface area (Å²) in [5.41, 5.74) is 6.15. The number of aliphatic hydroxyl groups is 1. The summed E-state index contributed by atoms with van der Waals surface area (Å²) in [5, 5.41) is 13.7. The third kappa shape index (κ3) is 11.1. The molecule has 65 heavy (non-hydrogen) atoms. The molecule has 2 aromatic carbocycles. The Hall–Kier alpha value is -5.14. The van der Waals surface area contributed by atoms with Gasteiger partial charge in [-0.3, -0.25) is 33.4 Å². The second-order valence-corrected chi connectivity index (χ2v) is 17.7. The molecule has 5 heterocycles. The number of ether oxygens (including phenoxy) is 2. The largest absolute Gasteiger partial charge is 0.393 e. The van der Waals surface area contributed by atoms with Crippen molar-refractivity contribution in [1.82, 2.24) is 38.4 Å². The fourth-order valence-electron chi connectivity index (χ4n) is 9.39. The number of carbonyl (C=O) groups is 2. The van der Waals surface area contributed by atoms with Gasteiger partial charge in [0, 0.05) is 102 Å². The zero-order valence-corrected chi connectivity index (χ0v) is 37.3. The zero-order chi connectivity index (χ0) is 45.7. The molecule has 1 atom stereocenters. The van der Waals surface area contributed by atoms with Crippen LogP contribution < -0.4 is 11.0 Å². The monoisotopic (exact) mass is 903 g/mol. The predicted molar refractivity (Wildman–Crippen MR) is 241 cm³/mol. The number of aromatic nitrogens is 5. The predicted octanol–water partition coefficient (Wildman–Crippen LogP) is 5.70. The van der Waals surface area contributed by atoms with E-state index in [1.54, 1.807) is 17.8 Å². The molecule has 0 unspecified atom stereocenters. The molecule has 0 bridgehead atoms. The third-order valence-electron chi connectivity index (χ3n) is 13.2. The molecular weight excluding hydrogens is 844 g/mol. The Morgan fingerprint density at radius 2 is 1.55 bits per heavy atom. The van der Waals surface area contributed by atoms with E-state index in [2.05, 4.69) is 60.1 Å². The standard InChI is InChI=1S/C47H60F3N9O6/c1-54-41-28-32(7-14-39(41)59(46(54)63)40-15-16-42(61)55(2)44(40)62)4-3-24-64-26-27-65-25-23-56-19-21-57(22-20-56)30-33-5-8-34(9-6-33)38-31-58(35-10-12-36(60)13-11-35)43-37(38)29-52-45(53-43)51-18-17-47(48,49)50/h5-9,14,28-29,31,35-36,40,60H,3-4,10-13,15-27,30H2,1-2H3,(H,51,52,53)/t35-,36-,40-/m0/s1. The number of hydrogen-bond acceptors (Lipinski definition) is 11. The lowest BCUT2D eigenvalue weighted by atomic mass is 9.93. The van der Waals surface area contributed by atoms with E-state index in [9.17, 15) is 32.7 Å². The first-order valence-corrected chi connectivity index (χ1v) is 22.9. The average molecular weight is 904 g/mol. The summed E-state index contributed by atoms with van der Waals surface area (Å²) < 4.78 is 55.3. The summed E-state index contributed by atoms with van der Waals surface area (Å²) in [5.74, 6) is -0.406. The van der Waals surface area contributed by atoms with Gasteiger partial charge < -0.3 is 24.5 Å². The molecule has 350 valence electrons. The van der Waals surface area contributed by atoms with Crippen molar-refractivity contribution in [2.75, 3.05) is 78.1 Å². The first-order chi connectivity index (χ1) is 31.3. The van der Waals surface area contributed by atoms with Crippen LogP contribution in [0.5, 0.6) is 0 Å². The van der Waals surface area contributed by atoms with Crippen molar-refractivity contribution >= 4 is 39.8 Å².